The highest BCUT2D eigenvalue weighted by atomic mass is 16.5. The number of benzene rings is 2. The van der Waals surface area contributed by atoms with Gasteiger partial charge < -0.3 is 9.47 Å². The molecule has 2 aromatic carbocycles. The van der Waals surface area contributed by atoms with Crippen LogP contribution in [0.4, 0.5) is 0 Å². The number of aromatic nitrogens is 2. The van der Waals surface area contributed by atoms with E-state index < -0.39 is 0 Å². The zero-order valence-corrected chi connectivity index (χ0v) is 20.9. The number of rotatable bonds is 14. The summed E-state index contributed by atoms with van der Waals surface area (Å²) in [6.45, 7) is 7.20. The predicted octanol–water partition coefficient (Wildman–Crippen LogP) is 7.57. The lowest BCUT2D eigenvalue weighted by Gasteiger charge is -2.09. The van der Waals surface area contributed by atoms with Gasteiger partial charge in [-0.3, -0.25) is 5.10 Å². The van der Waals surface area contributed by atoms with Crippen LogP contribution in [0.2, 0.25) is 0 Å². The summed E-state index contributed by atoms with van der Waals surface area (Å²) in [6.07, 6.45) is 10.2. The molecule has 182 valence electrons. The summed E-state index contributed by atoms with van der Waals surface area (Å²) in [7, 11) is 0. The second-order valence-corrected chi connectivity index (χ2v) is 8.93. The van der Waals surface area contributed by atoms with Crippen LogP contribution in [0, 0.1) is 13.8 Å². The highest BCUT2D eigenvalue weighted by molar-refractivity contribution is 5.89. The normalized spacial score (nSPS) is 10.9. The van der Waals surface area contributed by atoms with Crippen molar-refractivity contribution in [3.8, 4) is 16.9 Å². The van der Waals surface area contributed by atoms with Crippen molar-refractivity contribution in [2.45, 2.75) is 78.7 Å². The van der Waals surface area contributed by atoms with Crippen LogP contribution in [0.1, 0.15) is 85.6 Å². The number of nitrogens with one attached hydrogen (secondary N) is 1. The Morgan fingerprint density at radius 1 is 0.853 bits per heavy atom. The van der Waals surface area contributed by atoms with E-state index in [1.807, 2.05) is 50.2 Å². The van der Waals surface area contributed by atoms with Gasteiger partial charge in [-0.1, -0.05) is 76.1 Å². The molecule has 0 fully saturated rings. The maximum atomic E-state index is 12.4. The zero-order valence-electron chi connectivity index (χ0n) is 20.9. The molecule has 0 spiro atoms. The van der Waals surface area contributed by atoms with E-state index >= 15 is 0 Å². The van der Waals surface area contributed by atoms with Gasteiger partial charge in [0.25, 0.3) is 0 Å². The summed E-state index contributed by atoms with van der Waals surface area (Å²) >= 11 is 0. The van der Waals surface area contributed by atoms with Crippen LogP contribution in [-0.4, -0.2) is 22.8 Å². The molecule has 0 bridgehead atoms. The van der Waals surface area contributed by atoms with E-state index in [4.69, 9.17) is 9.47 Å². The number of aryl methyl sites for hydroxylation is 2. The number of nitrogens with zero attached hydrogens (tertiary/aromatic N) is 1. The van der Waals surface area contributed by atoms with Crippen molar-refractivity contribution in [2.75, 3.05) is 6.61 Å². The largest absolute Gasteiger partial charge is 0.494 e. The third-order valence-corrected chi connectivity index (χ3v) is 6.10. The van der Waals surface area contributed by atoms with Crippen LogP contribution in [0.25, 0.3) is 11.1 Å². The number of esters is 1. The number of unbranched alkanes of at least 4 members (excludes halogenated alkanes) is 7. The van der Waals surface area contributed by atoms with E-state index in [9.17, 15) is 4.79 Å². The molecule has 0 unspecified atom stereocenters. The van der Waals surface area contributed by atoms with Crippen molar-refractivity contribution in [3.05, 3.63) is 71.0 Å². The summed E-state index contributed by atoms with van der Waals surface area (Å²) in [6, 6.07) is 15.2. The van der Waals surface area contributed by atoms with E-state index in [1.54, 1.807) is 12.1 Å². The Morgan fingerprint density at radius 3 is 2.12 bits per heavy atom. The first-order valence-electron chi connectivity index (χ1n) is 12.6. The summed E-state index contributed by atoms with van der Waals surface area (Å²) in [5.74, 6) is 0.458. The molecule has 0 saturated carbocycles. The summed E-state index contributed by atoms with van der Waals surface area (Å²) < 4.78 is 11.3. The standard InChI is InChI=1S/C29H38N2O3/c1-4-5-6-7-8-9-10-11-20-33-27-18-16-26(17-19-27)29(32)34-21-24-12-14-25(15-13-24)28-22(2)30-31-23(28)3/h12-19H,4-11,20-21H2,1-3H3,(H,30,31). The Bertz CT molecular complexity index is 987. The van der Waals surface area contributed by atoms with Gasteiger partial charge in [-0.2, -0.15) is 5.10 Å². The molecule has 0 aliphatic carbocycles. The number of carbonyl (C=O) groups is 1. The fraction of sp³-hybridized carbons (Fsp3) is 0.448. The van der Waals surface area contributed by atoms with Gasteiger partial charge in [-0.05, 0) is 55.7 Å². The van der Waals surface area contributed by atoms with Crippen LogP contribution in [0.3, 0.4) is 0 Å². The van der Waals surface area contributed by atoms with Gasteiger partial charge in [-0.25, -0.2) is 4.79 Å². The molecule has 1 N–H and O–H groups in total. The summed E-state index contributed by atoms with van der Waals surface area (Å²) in [5, 5.41) is 7.26. The van der Waals surface area contributed by atoms with Gasteiger partial charge in [0.2, 0.25) is 0 Å². The average molecular weight is 463 g/mol. The van der Waals surface area contributed by atoms with E-state index in [0.29, 0.717) is 12.2 Å². The molecule has 0 amide bonds. The quantitative estimate of drug-likeness (QED) is 0.198. The Balaban J connectivity index is 1.37. The molecule has 5 nitrogen and oxygen atoms in total. The van der Waals surface area contributed by atoms with Gasteiger partial charge in [-0.15, -0.1) is 0 Å². The monoisotopic (exact) mass is 462 g/mol. The molecule has 0 saturated heterocycles. The number of carbonyl (C=O) groups excluding carboxylic acids is 1. The van der Waals surface area contributed by atoms with Crippen molar-refractivity contribution >= 4 is 5.97 Å². The lowest BCUT2D eigenvalue weighted by atomic mass is 10.0. The molecular weight excluding hydrogens is 424 g/mol. The van der Waals surface area contributed by atoms with Crippen LogP contribution < -0.4 is 4.74 Å². The first kappa shape index (κ1) is 25.5. The summed E-state index contributed by atoms with van der Waals surface area (Å²) in [5.41, 5.74) is 5.71. The fourth-order valence-electron chi connectivity index (χ4n) is 4.09. The molecule has 5 heteroatoms. The number of aromatic amines is 1. The first-order chi connectivity index (χ1) is 16.6. The average Bonchev–Trinajstić information content (AvgIpc) is 3.20. The number of ether oxygens (including phenoxy) is 2. The van der Waals surface area contributed by atoms with Crippen LogP contribution in [-0.2, 0) is 11.3 Å². The number of H-pyrrole nitrogens is 1. The van der Waals surface area contributed by atoms with Crippen molar-refractivity contribution in [1.82, 2.24) is 10.2 Å². The van der Waals surface area contributed by atoms with Gasteiger partial charge >= 0.3 is 5.97 Å². The second kappa shape index (κ2) is 13.6. The van der Waals surface area contributed by atoms with Gasteiger partial charge in [0.1, 0.15) is 12.4 Å². The van der Waals surface area contributed by atoms with Crippen molar-refractivity contribution in [2.24, 2.45) is 0 Å². The SMILES string of the molecule is CCCCCCCCCCOc1ccc(C(=O)OCc2ccc(-c3c(C)n[nH]c3C)cc2)cc1. The van der Waals surface area contributed by atoms with Crippen molar-refractivity contribution in [1.29, 1.82) is 0 Å². The lowest BCUT2D eigenvalue weighted by Crippen LogP contribution is -2.05. The Hall–Kier alpha value is -3.08. The molecule has 34 heavy (non-hydrogen) atoms. The van der Waals surface area contributed by atoms with Crippen LogP contribution >= 0.6 is 0 Å². The molecule has 0 atom stereocenters. The molecule has 1 aromatic heterocycles. The minimum absolute atomic E-state index is 0.235. The topological polar surface area (TPSA) is 64.2 Å². The highest BCUT2D eigenvalue weighted by Gasteiger charge is 2.10. The van der Waals surface area contributed by atoms with Gasteiger partial charge in [0.15, 0.2) is 0 Å². The van der Waals surface area contributed by atoms with Gasteiger partial charge in [0, 0.05) is 11.3 Å². The maximum absolute atomic E-state index is 12.4. The van der Waals surface area contributed by atoms with E-state index in [-0.39, 0.29) is 12.6 Å². The van der Waals surface area contributed by atoms with Crippen molar-refractivity contribution < 1.29 is 14.3 Å². The molecule has 0 aliphatic heterocycles. The van der Waals surface area contributed by atoms with E-state index in [1.165, 1.54) is 44.9 Å². The smallest absolute Gasteiger partial charge is 0.338 e. The van der Waals surface area contributed by atoms with E-state index in [2.05, 4.69) is 17.1 Å². The first-order valence-corrected chi connectivity index (χ1v) is 12.6. The molecule has 0 radical (unpaired) electrons. The number of hydrogen-bond acceptors (Lipinski definition) is 4. The van der Waals surface area contributed by atoms with Crippen molar-refractivity contribution in [3.63, 3.8) is 0 Å². The third-order valence-electron chi connectivity index (χ3n) is 6.10. The lowest BCUT2D eigenvalue weighted by molar-refractivity contribution is 0.0472. The summed E-state index contributed by atoms with van der Waals surface area (Å²) in [4.78, 5) is 12.4. The van der Waals surface area contributed by atoms with Crippen LogP contribution in [0.15, 0.2) is 48.5 Å². The van der Waals surface area contributed by atoms with E-state index in [0.717, 1.165) is 40.2 Å². The highest BCUT2D eigenvalue weighted by Crippen LogP contribution is 2.25. The number of hydrogen-bond donors (Lipinski definition) is 1. The second-order valence-electron chi connectivity index (χ2n) is 8.93. The van der Waals surface area contributed by atoms with Gasteiger partial charge in [0.05, 0.1) is 17.9 Å². The minimum atomic E-state index is -0.333. The predicted molar refractivity (Wildman–Crippen MR) is 137 cm³/mol. The Kier molecular flexibility index (Phi) is 10.2. The van der Waals surface area contributed by atoms with Crippen LogP contribution in [0.5, 0.6) is 5.75 Å². The molecule has 1 heterocycles. The maximum Gasteiger partial charge on any atom is 0.338 e. The molecule has 3 rings (SSSR count). The minimum Gasteiger partial charge on any atom is -0.494 e. The molecule has 3 aromatic rings. The Labute approximate surface area is 203 Å². The Morgan fingerprint density at radius 2 is 1.50 bits per heavy atom. The molecular formula is C29H38N2O3. The third kappa shape index (κ3) is 7.75. The fourth-order valence-corrected chi connectivity index (χ4v) is 4.09. The molecule has 0 aliphatic rings. The zero-order chi connectivity index (χ0) is 24.2.